The summed E-state index contributed by atoms with van der Waals surface area (Å²) in [6.45, 7) is 0.812. The molecule has 0 amide bonds. The van der Waals surface area contributed by atoms with Gasteiger partial charge in [-0.1, -0.05) is 0 Å². The minimum Gasteiger partial charge on any atom is -0.369 e. The van der Waals surface area contributed by atoms with E-state index in [1.807, 2.05) is 0 Å². The Morgan fingerprint density at radius 2 is 2.18 bits per heavy atom. The quantitative estimate of drug-likeness (QED) is 0.500. The van der Waals surface area contributed by atoms with Crippen LogP contribution in [-0.4, -0.2) is 67.2 Å². The van der Waals surface area contributed by atoms with Crippen LogP contribution < -0.4 is 11.3 Å². The van der Waals surface area contributed by atoms with E-state index in [9.17, 15) is 9.36 Å². The summed E-state index contributed by atoms with van der Waals surface area (Å²) < 4.78 is 22.3. The fraction of sp³-hybridized carbons (Fsp3) is 0.500. The number of aromatic amines is 1. The van der Waals surface area contributed by atoms with E-state index in [2.05, 4.69) is 15.0 Å². The maximum absolute atomic E-state index is 11.6. The molecule has 12 heteroatoms. The Balaban J connectivity index is 0.00000176. The molecule has 0 aromatic carbocycles. The van der Waals surface area contributed by atoms with Crippen LogP contribution in [-0.2, 0) is 20.2 Å². The SMILES string of the molecule is Nc1nc2c(ncn2CCC2COP(=O)(O)OC2)c(=O)[nH]1.[Na]. The molecule has 0 unspecified atom stereocenters. The number of nitrogens with zero attached hydrogens (tertiary/aromatic N) is 3. The van der Waals surface area contributed by atoms with Crippen molar-refractivity contribution in [3.63, 3.8) is 0 Å². The maximum Gasteiger partial charge on any atom is 0.472 e. The molecule has 1 fully saturated rings. The fourth-order valence-corrected chi connectivity index (χ4v) is 2.98. The van der Waals surface area contributed by atoms with Gasteiger partial charge in [-0.3, -0.25) is 18.8 Å². The summed E-state index contributed by atoms with van der Waals surface area (Å²) >= 11 is 0. The van der Waals surface area contributed by atoms with Crippen molar-refractivity contribution < 1.29 is 18.5 Å². The van der Waals surface area contributed by atoms with Crippen LogP contribution >= 0.6 is 7.82 Å². The smallest absolute Gasteiger partial charge is 0.369 e. The summed E-state index contributed by atoms with van der Waals surface area (Å²) in [4.78, 5) is 31.2. The van der Waals surface area contributed by atoms with E-state index in [-0.39, 0.29) is 65.7 Å². The van der Waals surface area contributed by atoms with E-state index >= 15 is 0 Å². The Labute approximate surface area is 146 Å². The Bertz CT molecular complexity index is 765. The second-order valence-electron chi connectivity index (χ2n) is 4.78. The van der Waals surface area contributed by atoms with Gasteiger partial charge in [-0.05, 0) is 6.42 Å². The molecule has 0 atom stereocenters. The van der Waals surface area contributed by atoms with Gasteiger partial charge in [-0.25, -0.2) is 9.55 Å². The summed E-state index contributed by atoms with van der Waals surface area (Å²) in [5, 5.41) is 0. The Morgan fingerprint density at radius 3 is 2.86 bits per heavy atom. The van der Waals surface area contributed by atoms with Crippen molar-refractivity contribution >= 4 is 54.5 Å². The summed E-state index contributed by atoms with van der Waals surface area (Å²) in [5.74, 6) is 0.0100. The molecule has 0 saturated carbocycles. The Kier molecular flexibility index (Phi) is 5.44. The number of aryl methyl sites for hydroxylation is 1. The average Bonchev–Trinajstić information content (AvgIpc) is 2.81. The van der Waals surface area contributed by atoms with Crippen LogP contribution in [0.3, 0.4) is 0 Å². The topological polar surface area (TPSA) is 145 Å². The van der Waals surface area contributed by atoms with Gasteiger partial charge in [0.25, 0.3) is 5.56 Å². The maximum atomic E-state index is 11.6. The number of H-pyrrole nitrogens is 1. The molecule has 1 radical (unpaired) electrons. The van der Waals surface area contributed by atoms with Gasteiger partial charge in [0.15, 0.2) is 11.2 Å². The van der Waals surface area contributed by atoms with Crippen LogP contribution in [0.4, 0.5) is 5.95 Å². The van der Waals surface area contributed by atoms with Gasteiger partial charge in [0.1, 0.15) is 0 Å². The summed E-state index contributed by atoms with van der Waals surface area (Å²) in [6, 6.07) is 0. The molecule has 115 valence electrons. The van der Waals surface area contributed by atoms with E-state index < -0.39 is 7.82 Å². The van der Waals surface area contributed by atoms with E-state index in [0.29, 0.717) is 18.6 Å². The molecule has 22 heavy (non-hydrogen) atoms. The first-order chi connectivity index (χ1) is 9.94. The molecule has 0 aliphatic carbocycles. The zero-order valence-electron chi connectivity index (χ0n) is 11.9. The number of phosphoric acid groups is 1. The molecule has 3 rings (SSSR count). The van der Waals surface area contributed by atoms with Crippen LogP contribution in [0.1, 0.15) is 6.42 Å². The van der Waals surface area contributed by atoms with Gasteiger partial charge in [-0.2, -0.15) is 4.98 Å². The molecule has 10 nitrogen and oxygen atoms in total. The standard InChI is InChI=1S/C10H14N5O5P.Na/c11-10-13-8-7(9(16)14-10)12-5-15(8)2-1-6-3-19-21(17,18)20-4-6;/h5-6H,1-4H2,(H,17,18)(H3,11,13,14,16);. The van der Waals surface area contributed by atoms with Crippen molar-refractivity contribution in [3.05, 3.63) is 16.7 Å². The van der Waals surface area contributed by atoms with Crippen molar-refractivity contribution in [3.8, 4) is 0 Å². The molecule has 2 aromatic heterocycles. The number of nitrogens with one attached hydrogen (secondary N) is 1. The van der Waals surface area contributed by atoms with Gasteiger partial charge >= 0.3 is 7.82 Å². The van der Waals surface area contributed by atoms with Crippen molar-refractivity contribution in [2.24, 2.45) is 5.92 Å². The van der Waals surface area contributed by atoms with Gasteiger partial charge in [0.05, 0.1) is 19.5 Å². The molecular weight excluding hydrogens is 324 g/mol. The number of hydrogen-bond donors (Lipinski definition) is 3. The van der Waals surface area contributed by atoms with E-state index in [0.717, 1.165) is 0 Å². The molecule has 0 spiro atoms. The predicted octanol–water partition coefficient (Wildman–Crippen LogP) is -0.526. The van der Waals surface area contributed by atoms with Crippen LogP contribution in [0.15, 0.2) is 11.1 Å². The van der Waals surface area contributed by atoms with E-state index in [4.69, 9.17) is 19.7 Å². The number of nitrogen functional groups attached to an aromatic ring is 1. The summed E-state index contributed by atoms with van der Waals surface area (Å²) in [6.07, 6.45) is 2.13. The van der Waals surface area contributed by atoms with Crippen molar-refractivity contribution in [2.45, 2.75) is 13.0 Å². The van der Waals surface area contributed by atoms with Crippen LogP contribution in [0.2, 0.25) is 0 Å². The first kappa shape index (κ1) is 17.6. The predicted molar refractivity (Wildman–Crippen MR) is 78.2 cm³/mol. The van der Waals surface area contributed by atoms with Gasteiger partial charge in [0, 0.05) is 42.0 Å². The third-order valence-electron chi connectivity index (χ3n) is 3.22. The van der Waals surface area contributed by atoms with Gasteiger partial charge in [0.2, 0.25) is 5.95 Å². The van der Waals surface area contributed by atoms with Crippen LogP contribution in [0.25, 0.3) is 11.2 Å². The first-order valence-corrected chi connectivity index (χ1v) is 7.77. The molecule has 3 heterocycles. The zero-order chi connectivity index (χ0) is 15.0. The number of nitrogens with two attached hydrogens (primary N) is 1. The molecule has 2 aromatic rings. The average molecular weight is 338 g/mol. The third kappa shape index (κ3) is 3.77. The number of rotatable bonds is 3. The molecule has 1 aliphatic rings. The number of aromatic nitrogens is 4. The Morgan fingerprint density at radius 1 is 1.50 bits per heavy atom. The minimum absolute atomic E-state index is 0. The summed E-state index contributed by atoms with van der Waals surface area (Å²) in [7, 11) is -3.85. The second kappa shape index (κ2) is 6.79. The summed E-state index contributed by atoms with van der Waals surface area (Å²) in [5.41, 5.74) is 5.75. The molecule has 1 saturated heterocycles. The van der Waals surface area contributed by atoms with Crippen LogP contribution in [0.5, 0.6) is 0 Å². The van der Waals surface area contributed by atoms with Crippen LogP contribution in [0, 0.1) is 5.92 Å². The van der Waals surface area contributed by atoms with Crippen molar-refractivity contribution in [1.29, 1.82) is 0 Å². The Hall–Kier alpha value is -0.740. The second-order valence-corrected chi connectivity index (χ2v) is 6.23. The number of phosphoric ester groups is 1. The van der Waals surface area contributed by atoms with E-state index in [1.54, 1.807) is 4.57 Å². The van der Waals surface area contributed by atoms with Crippen molar-refractivity contribution in [1.82, 2.24) is 19.5 Å². The molecular formula is C10H14N5NaO5P. The van der Waals surface area contributed by atoms with Gasteiger partial charge in [-0.15, -0.1) is 0 Å². The first-order valence-electron chi connectivity index (χ1n) is 6.27. The third-order valence-corrected chi connectivity index (χ3v) is 4.17. The molecule has 1 aliphatic heterocycles. The van der Waals surface area contributed by atoms with Crippen molar-refractivity contribution in [2.75, 3.05) is 18.9 Å². The number of imidazole rings is 1. The number of fused-ring (bicyclic) bond motifs is 1. The number of anilines is 1. The minimum atomic E-state index is -3.85. The molecule has 4 N–H and O–H groups in total. The molecule has 0 bridgehead atoms. The monoisotopic (exact) mass is 338 g/mol. The van der Waals surface area contributed by atoms with Gasteiger partial charge < -0.3 is 15.2 Å². The normalized spacial score (nSPS) is 25.0. The fourth-order valence-electron chi connectivity index (χ4n) is 2.11. The zero-order valence-corrected chi connectivity index (χ0v) is 14.8. The number of hydrogen-bond acceptors (Lipinski definition) is 7. The van der Waals surface area contributed by atoms with E-state index in [1.165, 1.54) is 6.33 Å². The largest absolute Gasteiger partial charge is 0.472 e.